The van der Waals surface area contributed by atoms with Gasteiger partial charge in [0.2, 0.25) is 5.91 Å². The van der Waals surface area contributed by atoms with E-state index in [2.05, 4.69) is 17.5 Å². The van der Waals surface area contributed by atoms with Crippen molar-refractivity contribution in [1.29, 1.82) is 0 Å². The lowest BCUT2D eigenvalue weighted by molar-refractivity contribution is -0.121. The number of nitrogens with zero attached hydrogens (tertiary/aromatic N) is 1. The monoisotopic (exact) mass is 476 g/mol. The highest BCUT2D eigenvalue weighted by Crippen LogP contribution is 2.33. The van der Waals surface area contributed by atoms with Crippen LogP contribution < -0.4 is 19.6 Å². The van der Waals surface area contributed by atoms with Gasteiger partial charge in [0.15, 0.2) is 11.5 Å². The van der Waals surface area contributed by atoms with Crippen molar-refractivity contribution in [2.45, 2.75) is 110 Å². The highest BCUT2D eigenvalue weighted by molar-refractivity contribution is 5.86. The van der Waals surface area contributed by atoms with Crippen molar-refractivity contribution in [2.24, 2.45) is 5.10 Å². The summed E-state index contributed by atoms with van der Waals surface area (Å²) < 4.78 is 16.0. The first-order valence-electron chi connectivity index (χ1n) is 13.3. The molecule has 0 saturated carbocycles. The Morgan fingerprint density at radius 1 is 0.706 bits per heavy atom. The Morgan fingerprint density at radius 3 is 1.62 bits per heavy atom. The Balaban J connectivity index is 2.07. The first kappa shape index (κ1) is 29.8. The number of unbranched alkanes of at least 4 members (excludes halogenated alkanes) is 14. The van der Waals surface area contributed by atoms with Gasteiger partial charge in [0, 0.05) is 18.1 Å². The molecule has 0 aliphatic carbocycles. The van der Waals surface area contributed by atoms with Crippen LogP contribution in [-0.4, -0.2) is 33.5 Å². The van der Waals surface area contributed by atoms with Crippen molar-refractivity contribution < 1.29 is 19.0 Å². The van der Waals surface area contributed by atoms with E-state index in [1.807, 2.05) is 0 Å². The lowest BCUT2D eigenvalue weighted by atomic mass is 10.0. The fourth-order valence-electron chi connectivity index (χ4n) is 4.04. The van der Waals surface area contributed by atoms with Crippen LogP contribution in [0.4, 0.5) is 0 Å². The number of carbonyl (C=O) groups is 1. The summed E-state index contributed by atoms with van der Waals surface area (Å²) in [7, 11) is 4.72. The van der Waals surface area contributed by atoms with Crippen LogP contribution in [0, 0.1) is 0 Å². The molecule has 6 heteroatoms. The third kappa shape index (κ3) is 13.5. The number of ether oxygens (including phenoxy) is 3. The highest BCUT2D eigenvalue weighted by Gasteiger charge is 2.10. The third-order valence-corrected chi connectivity index (χ3v) is 6.14. The van der Waals surface area contributed by atoms with E-state index in [9.17, 15) is 4.79 Å². The van der Waals surface area contributed by atoms with E-state index in [-0.39, 0.29) is 5.91 Å². The number of methoxy groups -OCH3 is 3. The van der Waals surface area contributed by atoms with E-state index >= 15 is 0 Å². The van der Waals surface area contributed by atoms with Crippen molar-refractivity contribution in [3.63, 3.8) is 0 Å². The van der Waals surface area contributed by atoms with Crippen LogP contribution in [0.3, 0.4) is 0 Å². The molecular weight excluding hydrogens is 428 g/mol. The molecule has 0 aromatic heterocycles. The van der Waals surface area contributed by atoms with E-state index in [0.29, 0.717) is 29.2 Å². The molecule has 1 N–H and O–H groups in total. The molecule has 0 heterocycles. The normalized spacial score (nSPS) is 11.1. The van der Waals surface area contributed by atoms with Crippen LogP contribution in [-0.2, 0) is 4.79 Å². The molecule has 1 rings (SSSR count). The Labute approximate surface area is 207 Å². The molecule has 6 nitrogen and oxygen atoms in total. The predicted molar refractivity (Wildman–Crippen MR) is 141 cm³/mol. The molecule has 0 saturated heterocycles. The van der Waals surface area contributed by atoms with E-state index < -0.39 is 0 Å². The van der Waals surface area contributed by atoms with Crippen molar-refractivity contribution in [2.75, 3.05) is 21.3 Å². The van der Waals surface area contributed by atoms with Crippen LogP contribution in [0.15, 0.2) is 17.2 Å². The third-order valence-electron chi connectivity index (χ3n) is 6.14. The van der Waals surface area contributed by atoms with E-state index in [4.69, 9.17) is 14.2 Å². The second kappa shape index (κ2) is 20.2. The van der Waals surface area contributed by atoms with Gasteiger partial charge < -0.3 is 14.2 Å². The fourth-order valence-corrected chi connectivity index (χ4v) is 4.04. The summed E-state index contributed by atoms with van der Waals surface area (Å²) in [6.07, 6.45) is 21.8. The summed E-state index contributed by atoms with van der Waals surface area (Å²) in [6.45, 7) is 2.27. The number of hydrogen-bond acceptors (Lipinski definition) is 5. The van der Waals surface area contributed by atoms with Crippen LogP contribution in [0.1, 0.15) is 115 Å². The van der Waals surface area contributed by atoms with Gasteiger partial charge in [-0.25, -0.2) is 5.43 Å². The maximum absolute atomic E-state index is 12.0. The minimum Gasteiger partial charge on any atom is -0.496 e. The molecule has 1 aromatic rings. The van der Waals surface area contributed by atoms with Crippen molar-refractivity contribution in [3.8, 4) is 17.2 Å². The molecule has 0 unspecified atom stereocenters. The minimum atomic E-state index is -0.0645. The lowest BCUT2D eigenvalue weighted by Gasteiger charge is -2.11. The van der Waals surface area contributed by atoms with Crippen LogP contribution in [0.5, 0.6) is 17.2 Å². The second-order valence-corrected chi connectivity index (χ2v) is 8.94. The smallest absolute Gasteiger partial charge is 0.240 e. The summed E-state index contributed by atoms with van der Waals surface area (Å²) in [5.74, 6) is 1.69. The summed E-state index contributed by atoms with van der Waals surface area (Å²) in [4.78, 5) is 12.0. The van der Waals surface area contributed by atoms with Crippen molar-refractivity contribution >= 4 is 12.1 Å². The highest BCUT2D eigenvalue weighted by atomic mass is 16.5. The van der Waals surface area contributed by atoms with Gasteiger partial charge in [-0.05, 0) is 12.5 Å². The molecule has 194 valence electrons. The number of hydrazone groups is 1. The van der Waals surface area contributed by atoms with Gasteiger partial charge in [0.05, 0.1) is 27.5 Å². The quantitative estimate of drug-likeness (QED) is 0.114. The summed E-state index contributed by atoms with van der Waals surface area (Å²) in [5, 5.41) is 4.07. The van der Waals surface area contributed by atoms with Gasteiger partial charge in [-0.1, -0.05) is 96.8 Å². The van der Waals surface area contributed by atoms with E-state index in [1.165, 1.54) is 83.5 Å². The maximum Gasteiger partial charge on any atom is 0.240 e. The lowest BCUT2D eigenvalue weighted by Crippen LogP contribution is -2.17. The number of carbonyl (C=O) groups excluding carboxylic acids is 1. The first-order valence-corrected chi connectivity index (χ1v) is 13.3. The molecule has 0 spiro atoms. The fraction of sp³-hybridized carbons (Fsp3) is 0.714. The van der Waals surface area contributed by atoms with Gasteiger partial charge in [0.1, 0.15) is 5.75 Å². The number of amides is 1. The predicted octanol–water partition coefficient (Wildman–Crippen LogP) is 7.42. The van der Waals surface area contributed by atoms with Crippen LogP contribution in [0.2, 0.25) is 0 Å². The summed E-state index contributed by atoms with van der Waals surface area (Å²) in [6, 6.07) is 3.50. The Kier molecular flexibility index (Phi) is 17.7. The zero-order valence-corrected chi connectivity index (χ0v) is 22.1. The topological polar surface area (TPSA) is 69.2 Å². The Bertz CT molecular complexity index is 691. The van der Waals surface area contributed by atoms with Gasteiger partial charge in [-0.2, -0.15) is 5.10 Å². The first-order chi connectivity index (χ1) is 16.7. The molecular formula is C28H48N2O4. The average molecular weight is 477 g/mol. The zero-order chi connectivity index (χ0) is 24.9. The Morgan fingerprint density at radius 2 is 1.15 bits per heavy atom. The molecule has 0 aliphatic rings. The van der Waals surface area contributed by atoms with E-state index in [1.54, 1.807) is 39.7 Å². The number of hydrogen-bond donors (Lipinski definition) is 1. The van der Waals surface area contributed by atoms with Crippen molar-refractivity contribution in [1.82, 2.24) is 5.43 Å². The maximum atomic E-state index is 12.0. The minimum absolute atomic E-state index is 0.0645. The van der Waals surface area contributed by atoms with Gasteiger partial charge in [-0.15, -0.1) is 0 Å². The van der Waals surface area contributed by atoms with Crippen molar-refractivity contribution in [3.05, 3.63) is 17.7 Å². The second-order valence-electron chi connectivity index (χ2n) is 8.94. The molecule has 34 heavy (non-hydrogen) atoms. The molecule has 1 aromatic carbocycles. The summed E-state index contributed by atoms with van der Waals surface area (Å²) >= 11 is 0. The van der Waals surface area contributed by atoms with Gasteiger partial charge in [0.25, 0.3) is 0 Å². The van der Waals surface area contributed by atoms with Crippen LogP contribution >= 0.6 is 0 Å². The average Bonchev–Trinajstić information content (AvgIpc) is 2.85. The molecule has 0 atom stereocenters. The van der Waals surface area contributed by atoms with Crippen LogP contribution in [0.25, 0.3) is 0 Å². The molecule has 0 fully saturated rings. The summed E-state index contributed by atoms with van der Waals surface area (Å²) in [5.41, 5.74) is 3.30. The number of rotatable bonds is 21. The molecule has 0 aliphatic heterocycles. The Hall–Kier alpha value is -2.24. The number of benzene rings is 1. The molecule has 1 amide bonds. The standard InChI is InChI=1S/C28H48N2O4/c1-5-6-7-8-9-10-11-12-13-14-15-16-17-18-19-20-28(31)30-29-23-24-21-26(33-3)27(34-4)22-25(24)32-2/h21-23H,5-20H2,1-4H3,(H,30,31). The molecule has 0 bridgehead atoms. The largest absolute Gasteiger partial charge is 0.496 e. The SMILES string of the molecule is CCCCCCCCCCCCCCCCCC(=O)NN=Cc1cc(OC)c(OC)cc1OC. The van der Waals surface area contributed by atoms with Gasteiger partial charge in [-0.3, -0.25) is 4.79 Å². The van der Waals surface area contributed by atoms with E-state index in [0.717, 1.165) is 12.8 Å². The van der Waals surface area contributed by atoms with Gasteiger partial charge >= 0.3 is 0 Å². The zero-order valence-electron chi connectivity index (χ0n) is 22.1. The molecule has 0 radical (unpaired) electrons. The number of nitrogens with one attached hydrogen (secondary N) is 1.